The molecule has 0 unspecified atom stereocenters. The zero-order chi connectivity index (χ0) is 12.3. The summed E-state index contributed by atoms with van der Waals surface area (Å²) in [4.78, 5) is 0. The van der Waals surface area contributed by atoms with Crippen molar-refractivity contribution >= 4 is 0 Å². The summed E-state index contributed by atoms with van der Waals surface area (Å²) in [6.45, 7) is 2.16. The quantitative estimate of drug-likeness (QED) is 0.844. The summed E-state index contributed by atoms with van der Waals surface area (Å²) in [7, 11) is 0. The molecule has 0 saturated carbocycles. The summed E-state index contributed by atoms with van der Waals surface area (Å²) in [6.07, 6.45) is 3.76. The molecule has 0 bridgehead atoms. The number of hydrogen-bond donors (Lipinski definition) is 2. The summed E-state index contributed by atoms with van der Waals surface area (Å²) >= 11 is 0. The van der Waals surface area contributed by atoms with Crippen molar-refractivity contribution in [3.63, 3.8) is 0 Å². The zero-order valence-corrected chi connectivity index (χ0v) is 10.2. The van der Waals surface area contributed by atoms with Crippen molar-refractivity contribution in [1.82, 2.24) is 5.32 Å². The number of halogens is 1. The van der Waals surface area contributed by atoms with Crippen LogP contribution in [0.15, 0.2) is 24.3 Å². The van der Waals surface area contributed by atoms with Crippen LogP contribution in [-0.4, -0.2) is 17.2 Å². The first-order valence-corrected chi connectivity index (χ1v) is 6.40. The molecule has 1 aromatic carbocycles. The lowest BCUT2D eigenvalue weighted by atomic mass is 10.0. The van der Waals surface area contributed by atoms with Gasteiger partial charge in [-0.3, -0.25) is 0 Å². The second-order valence-electron chi connectivity index (χ2n) is 4.84. The molecule has 0 amide bonds. The fourth-order valence-corrected chi connectivity index (χ4v) is 2.60. The van der Waals surface area contributed by atoms with Gasteiger partial charge in [-0.2, -0.15) is 0 Å². The van der Waals surface area contributed by atoms with Gasteiger partial charge in [0.2, 0.25) is 0 Å². The van der Waals surface area contributed by atoms with Crippen LogP contribution in [0.4, 0.5) is 4.39 Å². The Morgan fingerprint density at radius 3 is 3.00 bits per heavy atom. The number of rotatable bonds is 4. The maximum absolute atomic E-state index is 13.1. The highest BCUT2D eigenvalue weighted by Gasteiger charge is 2.29. The van der Waals surface area contributed by atoms with Gasteiger partial charge in [0.1, 0.15) is 5.82 Å². The highest BCUT2D eigenvalue weighted by atomic mass is 19.1. The van der Waals surface area contributed by atoms with Crippen LogP contribution in [0.5, 0.6) is 0 Å². The van der Waals surface area contributed by atoms with E-state index in [-0.39, 0.29) is 11.9 Å². The summed E-state index contributed by atoms with van der Waals surface area (Å²) < 4.78 is 13.1. The molecule has 0 aliphatic carbocycles. The molecular weight excluding hydrogens is 217 g/mol. The monoisotopic (exact) mass is 237 g/mol. The van der Waals surface area contributed by atoms with Gasteiger partial charge >= 0.3 is 0 Å². The molecule has 1 heterocycles. The first-order valence-electron chi connectivity index (χ1n) is 6.40. The van der Waals surface area contributed by atoms with Gasteiger partial charge in [0.15, 0.2) is 0 Å². The Morgan fingerprint density at radius 2 is 2.29 bits per heavy atom. The highest BCUT2D eigenvalue weighted by molar-refractivity contribution is 5.20. The van der Waals surface area contributed by atoms with Crippen LogP contribution < -0.4 is 5.32 Å². The van der Waals surface area contributed by atoms with Crippen LogP contribution >= 0.6 is 0 Å². The largest absolute Gasteiger partial charge is 0.387 e. The van der Waals surface area contributed by atoms with E-state index < -0.39 is 6.10 Å². The molecule has 2 rings (SSSR count). The highest BCUT2D eigenvalue weighted by Crippen LogP contribution is 2.27. The molecule has 1 aliphatic rings. The maximum Gasteiger partial charge on any atom is 0.123 e. The molecule has 2 nitrogen and oxygen atoms in total. The predicted molar refractivity (Wildman–Crippen MR) is 66.2 cm³/mol. The minimum Gasteiger partial charge on any atom is -0.387 e. The molecule has 3 heteroatoms. The number of aliphatic hydroxyl groups excluding tert-OH is 1. The lowest BCUT2D eigenvalue weighted by Gasteiger charge is -2.20. The van der Waals surface area contributed by atoms with Crippen molar-refractivity contribution in [2.45, 2.75) is 50.8 Å². The molecule has 1 aromatic rings. The van der Waals surface area contributed by atoms with Gasteiger partial charge in [0, 0.05) is 12.1 Å². The third-order valence-corrected chi connectivity index (χ3v) is 3.48. The summed E-state index contributed by atoms with van der Waals surface area (Å²) in [6, 6.07) is 6.81. The van der Waals surface area contributed by atoms with E-state index in [1.54, 1.807) is 12.1 Å². The van der Waals surface area contributed by atoms with E-state index in [1.807, 2.05) is 0 Å². The van der Waals surface area contributed by atoms with E-state index >= 15 is 0 Å². The van der Waals surface area contributed by atoms with Gasteiger partial charge < -0.3 is 10.4 Å². The van der Waals surface area contributed by atoms with Crippen LogP contribution in [-0.2, 0) is 0 Å². The van der Waals surface area contributed by atoms with Crippen molar-refractivity contribution in [3.05, 3.63) is 35.6 Å². The van der Waals surface area contributed by atoms with E-state index in [1.165, 1.54) is 12.1 Å². The number of hydrogen-bond acceptors (Lipinski definition) is 2. The van der Waals surface area contributed by atoms with Gasteiger partial charge in [-0.15, -0.1) is 0 Å². The SMILES string of the molecule is CCC[C@H]1CC[C@@H]([C@@H](O)c2cccc(F)c2)N1. The molecule has 0 radical (unpaired) electrons. The number of nitrogens with one attached hydrogen (secondary N) is 1. The van der Waals surface area contributed by atoms with E-state index in [2.05, 4.69) is 12.2 Å². The maximum atomic E-state index is 13.1. The van der Waals surface area contributed by atoms with E-state index in [9.17, 15) is 9.50 Å². The Balaban J connectivity index is 1.99. The van der Waals surface area contributed by atoms with Crippen LogP contribution in [0, 0.1) is 5.82 Å². The second-order valence-corrected chi connectivity index (χ2v) is 4.84. The van der Waals surface area contributed by atoms with Crippen LogP contribution in [0.25, 0.3) is 0 Å². The van der Waals surface area contributed by atoms with E-state index in [0.29, 0.717) is 11.6 Å². The molecule has 0 spiro atoms. The Morgan fingerprint density at radius 1 is 1.47 bits per heavy atom. The average molecular weight is 237 g/mol. The van der Waals surface area contributed by atoms with Crippen molar-refractivity contribution in [3.8, 4) is 0 Å². The Bertz CT molecular complexity index is 369. The smallest absolute Gasteiger partial charge is 0.123 e. The molecule has 17 heavy (non-hydrogen) atoms. The molecule has 94 valence electrons. The van der Waals surface area contributed by atoms with Gasteiger partial charge in [0.05, 0.1) is 6.10 Å². The molecule has 1 aliphatic heterocycles. The van der Waals surface area contributed by atoms with Crippen molar-refractivity contribution < 1.29 is 9.50 Å². The van der Waals surface area contributed by atoms with Crippen LogP contribution in [0.2, 0.25) is 0 Å². The van der Waals surface area contributed by atoms with Crippen LogP contribution in [0.1, 0.15) is 44.3 Å². The lowest BCUT2D eigenvalue weighted by molar-refractivity contribution is 0.134. The molecule has 2 N–H and O–H groups in total. The third kappa shape index (κ3) is 3.05. The minimum absolute atomic E-state index is 0.0633. The fraction of sp³-hybridized carbons (Fsp3) is 0.571. The molecule has 1 saturated heterocycles. The molecule has 0 aromatic heterocycles. The summed E-state index contributed by atoms with van der Waals surface area (Å²) in [5.74, 6) is -0.287. The molecular formula is C14H20FNO. The molecule has 3 atom stereocenters. The first-order chi connectivity index (χ1) is 8.20. The van der Waals surface area contributed by atoms with Crippen molar-refractivity contribution in [2.24, 2.45) is 0 Å². The normalized spacial score (nSPS) is 26.1. The number of benzene rings is 1. The van der Waals surface area contributed by atoms with E-state index in [0.717, 1.165) is 25.7 Å². The topological polar surface area (TPSA) is 32.3 Å². The number of aliphatic hydroxyl groups is 1. The fourth-order valence-electron chi connectivity index (χ4n) is 2.60. The molecule has 1 fully saturated rings. The van der Waals surface area contributed by atoms with E-state index in [4.69, 9.17) is 0 Å². The van der Waals surface area contributed by atoms with Crippen molar-refractivity contribution in [1.29, 1.82) is 0 Å². The Labute approximate surface area is 102 Å². The van der Waals surface area contributed by atoms with Gasteiger partial charge in [-0.1, -0.05) is 25.5 Å². The van der Waals surface area contributed by atoms with Crippen molar-refractivity contribution in [2.75, 3.05) is 0 Å². The van der Waals surface area contributed by atoms with Gasteiger partial charge in [-0.05, 0) is 37.0 Å². The second kappa shape index (κ2) is 5.61. The zero-order valence-electron chi connectivity index (χ0n) is 10.2. The standard InChI is InChI=1S/C14H20FNO/c1-2-4-12-7-8-13(16-12)14(17)10-5-3-6-11(15)9-10/h3,5-6,9,12-14,16-17H,2,4,7-8H2,1H3/t12-,13-,14-/m0/s1. The Hall–Kier alpha value is -0.930. The average Bonchev–Trinajstić information content (AvgIpc) is 2.77. The summed E-state index contributed by atoms with van der Waals surface area (Å²) in [5, 5.41) is 13.6. The summed E-state index contributed by atoms with van der Waals surface area (Å²) in [5.41, 5.74) is 0.666. The van der Waals surface area contributed by atoms with Crippen LogP contribution in [0.3, 0.4) is 0 Å². The Kier molecular flexibility index (Phi) is 4.13. The predicted octanol–water partition coefficient (Wildman–Crippen LogP) is 2.78. The lowest BCUT2D eigenvalue weighted by Crippen LogP contribution is -2.33. The van der Waals surface area contributed by atoms with Gasteiger partial charge in [0.25, 0.3) is 0 Å². The first kappa shape index (κ1) is 12.5. The van der Waals surface area contributed by atoms with Gasteiger partial charge in [-0.25, -0.2) is 4.39 Å². The third-order valence-electron chi connectivity index (χ3n) is 3.48. The minimum atomic E-state index is -0.604.